The van der Waals surface area contributed by atoms with Crippen LogP contribution in [0.25, 0.3) is 10.9 Å². The molecule has 1 amide bonds. The molecular formula is C15H17N3O. The third-order valence-corrected chi connectivity index (χ3v) is 3.84. The molecule has 0 aliphatic heterocycles. The summed E-state index contributed by atoms with van der Waals surface area (Å²) < 4.78 is 0. The Hall–Kier alpha value is -1.94. The fourth-order valence-corrected chi connectivity index (χ4v) is 2.86. The third-order valence-electron chi connectivity index (χ3n) is 3.84. The first-order chi connectivity index (χ1) is 9.24. The van der Waals surface area contributed by atoms with E-state index < -0.39 is 0 Å². The van der Waals surface area contributed by atoms with Gasteiger partial charge in [-0.25, -0.2) is 5.84 Å². The van der Waals surface area contributed by atoms with Gasteiger partial charge in [-0.3, -0.25) is 15.2 Å². The van der Waals surface area contributed by atoms with Gasteiger partial charge in [0.05, 0.1) is 11.1 Å². The van der Waals surface area contributed by atoms with Crippen molar-refractivity contribution in [2.45, 2.75) is 32.6 Å². The summed E-state index contributed by atoms with van der Waals surface area (Å²) in [5.74, 6) is 5.13. The number of hydrogen-bond donors (Lipinski definition) is 2. The number of nitrogens with one attached hydrogen (secondary N) is 1. The van der Waals surface area contributed by atoms with Gasteiger partial charge in [-0.1, -0.05) is 13.0 Å². The van der Waals surface area contributed by atoms with Crippen LogP contribution < -0.4 is 11.3 Å². The molecule has 0 saturated heterocycles. The van der Waals surface area contributed by atoms with Crippen LogP contribution in [0.2, 0.25) is 0 Å². The number of hydrogen-bond acceptors (Lipinski definition) is 3. The highest BCUT2D eigenvalue weighted by Crippen LogP contribution is 2.30. The number of aryl methyl sites for hydroxylation is 2. The number of aromatic nitrogens is 1. The fraction of sp³-hybridized carbons (Fsp3) is 0.333. The molecule has 3 N–H and O–H groups in total. The Labute approximate surface area is 112 Å². The smallest absolute Gasteiger partial charge is 0.266 e. The predicted molar refractivity (Wildman–Crippen MR) is 74.8 cm³/mol. The highest BCUT2D eigenvalue weighted by Gasteiger charge is 2.23. The molecule has 0 radical (unpaired) electrons. The van der Waals surface area contributed by atoms with Gasteiger partial charge in [-0.2, -0.15) is 0 Å². The molecule has 1 aliphatic carbocycles. The van der Waals surface area contributed by atoms with E-state index in [9.17, 15) is 4.79 Å². The number of benzene rings is 1. The molecule has 3 rings (SSSR count). The van der Waals surface area contributed by atoms with Crippen molar-refractivity contribution in [1.82, 2.24) is 10.4 Å². The molecule has 1 aromatic heterocycles. The Morgan fingerprint density at radius 3 is 3.00 bits per heavy atom. The van der Waals surface area contributed by atoms with Crippen molar-refractivity contribution < 1.29 is 4.79 Å². The molecule has 0 bridgehead atoms. The first kappa shape index (κ1) is 12.1. The van der Waals surface area contributed by atoms with E-state index >= 15 is 0 Å². The Kier molecular flexibility index (Phi) is 2.95. The minimum atomic E-state index is -0.209. The van der Waals surface area contributed by atoms with Crippen LogP contribution in [-0.4, -0.2) is 10.9 Å². The number of rotatable bonds is 2. The monoisotopic (exact) mass is 255 g/mol. The van der Waals surface area contributed by atoms with Gasteiger partial charge in [-0.15, -0.1) is 0 Å². The zero-order valence-corrected chi connectivity index (χ0v) is 11.0. The number of nitrogen functional groups attached to an aromatic ring is 1. The lowest BCUT2D eigenvalue weighted by molar-refractivity contribution is 0.0954. The van der Waals surface area contributed by atoms with Gasteiger partial charge >= 0.3 is 0 Å². The second-order valence-electron chi connectivity index (χ2n) is 4.94. The number of hydrazine groups is 1. The van der Waals surface area contributed by atoms with E-state index in [1.54, 1.807) is 0 Å². The number of carbonyl (C=O) groups is 1. The lowest BCUT2D eigenvalue weighted by atomic mass is 9.98. The third kappa shape index (κ3) is 1.88. The molecule has 4 heteroatoms. The average Bonchev–Trinajstić information content (AvgIpc) is 2.90. The van der Waals surface area contributed by atoms with Crippen molar-refractivity contribution in [3.63, 3.8) is 0 Å². The number of fused-ring (bicyclic) bond motifs is 2. The predicted octanol–water partition coefficient (Wildman–Crippen LogP) is 1.89. The quantitative estimate of drug-likeness (QED) is 0.489. The Balaban J connectivity index is 2.35. The summed E-state index contributed by atoms with van der Waals surface area (Å²) in [5, 5.41) is 0.919. The average molecular weight is 255 g/mol. The number of carbonyl (C=O) groups excluding carboxylic acids is 1. The van der Waals surface area contributed by atoms with E-state index in [4.69, 9.17) is 5.84 Å². The van der Waals surface area contributed by atoms with Gasteiger partial charge in [0.15, 0.2) is 0 Å². The van der Waals surface area contributed by atoms with Gasteiger partial charge in [0.1, 0.15) is 0 Å². The normalized spacial score (nSPS) is 13.6. The lowest BCUT2D eigenvalue weighted by Gasteiger charge is -2.12. The molecule has 0 unspecified atom stereocenters. The summed E-state index contributed by atoms with van der Waals surface area (Å²) in [4.78, 5) is 16.8. The Morgan fingerprint density at radius 2 is 2.26 bits per heavy atom. The van der Waals surface area contributed by atoms with Gasteiger partial charge in [-0.05, 0) is 48.9 Å². The van der Waals surface area contributed by atoms with E-state index in [2.05, 4.69) is 29.5 Å². The maximum absolute atomic E-state index is 12.1. The molecule has 0 spiro atoms. The standard InChI is InChI=1S/C15H17N3O/c1-2-9-6-7-13-11(8-9)14(15(19)18-16)10-4-3-5-12(10)17-13/h6-8H,2-5,16H2,1H3,(H,18,19). The summed E-state index contributed by atoms with van der Waals surface area (Å²) in [5.41, 5.74) is 7.21. The fourth-order valence-electron chi connectivity index (χ4n) is 2.86. The van der Waals surface area contributed by atoms with E-state index in [1.807, 2.05) is 6.07 Å². The maximum Gasteiger partial charge on any atom is 0.266 e. The molecule has 98 valence electrons. The highest BCUT2D eigenvalue weighted by atomic mass is 16.2. The van der Waals surface area contributed by atoms with Gasteiger partial charge < -0.3 is 0 Å². The minimum absolute atomic E-state index is 0.209. The van der Waals surface area contributed by atoms with Crippen LogP contribution in [0.5, 0.6) is 0 Å². The molecule has 2 aromatic rings. The molecule has 1 aliphatic rings. The summed E-state index contributed by atoms with van der Waals surface area (Å²) in [7, 11) is 0. The molecule has 19 heavy (non-hydrogen) atoms. The minimum Gasteiger partial charge on any atom is -0.290 e. The number of pyridine rings is 1. The SMILES string of the molecule is CCc1ccc2nc3c(c(C(=O)NN)c2c1)CCC3. The van der Waals surface area contributed by atoms with Gasteiger partial charge in [0.25, 0.3) is 5.91 Å². The van der Waals surface area contributed by atoms with Crippen LogP contribution in [0.3, 0.4) is 0 Å². The van der Waals surface area contributed by atoms with Gasteiger partial charge in [0, 0.05) is 11.1 Å². The molecule has 1 heterocycles. The number of amides is 1. The summed E-state index contributed by atoms with van der Waals surface area (Å²) in [6, 6.07) is 6.13. The number of nitrogens with zero attached hydrogens (tertiary/aromatic N) is 1. The molecule has 1 aromatic carbocycles. The molecule has 0 fully saturated rings. The van der Waals surface area contributed by atoms with Crippen molar-refractivity contribution in [1.29, 1.82) is 0 Å². The van der Waals surface area contributed by atoms with Crippen LogP contribution in [0.4, 0.5) is 0 Å². The molecule has 0 saturated carbocycles. The lowest BCUT2D eigenvalue weighted by Crippen LogP contribution is -2.31. The maximum atomic E-state index is 12.1. The molecule has 4 nitrogen and oxygen atoms in total. The zero-order valence-electron chi connectivity index (χ0n) is 11.0. The zero-order chi connectivity index (χ0) is 13.4. The summed E-state index contributed by atoms with van der Waals surface area (Å²) >= 11 is 0. The van der Waals surface area contributed by atoms with Crippen LogP contribution in [-0.2, 0) is 19.3 Å². The van der Waals surface area contributed by atoms with E-state index in [0.717, 1.165) is 53.4 Å². The second kappa shape index (κ2) is 4.63. The van der Waals surface area contributed by atoms with Crippen molar-refractivity contribution >= 4 is 16.8 Å². The van der Waals surface area contributed by atoms with Crippen molar-refractivity contribution in [3.05, 3.63) is 40.6 Å². The Bertz CT molecular complexity index is 664. The van der Waals surface area contributed by atoms with Crippen molar-refractivity contribution in [3.8, 4) is 0 Å². The topological polar surface area (TPSA) is 68.0 Å². The van der Waals surface area contributed by atoms with E-state index in [0.29, 0.717) is 0 Å². The summed E-state index contributed by atoms with van der Waals surface area (Å²) in [6.07, 6.45) is 3.86. The molecular weight excluding hydrogens is 238 g/mol. The highest BCUT2D eigenvalue weighted by molar-refractivity contribution is 6.07. The van der Waals surface area contributed by atoms with Crippen LogP contribution >= 0.6 is 0 Å². The summed E-state index contributed by atoms with van der Waals surface area (Å²) in [6.45, 7) is 2.10. The largest absolute Gasteiger partial charge is 0.290 e. The molecule has 0 atom stereocenters. The van der Waals surface area contributed by atoms with E-state index in [-0.39, 0.29) is 5.91 Å². The van der Waals surface area contributed by atoms with Crippen LogP contribution in [0.1, 0.15) is 40.5 Å². The van der Waals surface area contributed by atoms with Crippen molar-refractivity contribution in [2.24, 2.45) is 5.84 Å². The van der Waals surface area contributed by atoms with Crippen LogP contribution in [0.15, 0.2) is 18.2 Å². The second-order valence-corrected chi connectivity index (χ2v) is 4.94. The van der Waals surface area contributed by atoms with Gasteiger partial charge in [0.2, 0.25) is 0 Å². The van der Waals surface area contributed by atoms with E-state index in [1.165, 1.54) is 5.56 Å². The first-order valence-corrected chi connectivity index (χ1v) is 6.70. The Morgan fingerprint density at radius 1 is 1.42 bits per heavy atom. The van der Waals surface area contributed by atoms with Crippen molar-refractivity contribution in [2.75, 3.05) is 0 Å². The first-order valence-electron chi connectivity index (χ1n) is 6.70. The van der Waals surface area contributed by atoms with Crippen LogP contribution in [0, 0.1) is 0 Å². The number of nitrogens with two attached hydrogens (primary N) is 1.